The lowest BCUT2D eigenvalue weighted by Gasteiger charge is -2.12. The highest BCUT2D eigenvalue weighted by Gasteiger charge is 2.02. The Morgan fingerprint density at radius 3 is 2.70 bits per heavy atom. The summed E-state index contributed by atoms with van der Waals surface area (Å²) in [4.78, 5) is 8.31. The molecule has 0 amide bonds. The third kappa shape index (κ3) is 3.92. The van der Waals surface area contributed by atoms with Crippen LogP contribution in [0, 0.1) is 6.92 Å². The Hall–Kier alpha value is -2.73. The third-order valence-electron chi connectivity index (χ3n) is 3.43. The van der Waals surface area contributed by atoms with E-state index in [2.05, 4.69) is 44.9 Å². The van der Waals surface area contributed by atoms with Gasteiger partial charge in [-0.05, 0) is 48.5 Å². The molecule has 0 unspecified atom stereocenters. The highest BCUT2D eigenvalue weighted by atomic mass is 32.1. The minimum absolute atomic E-state index is 0.561. The second-order valence-corrected chi connectivity index (χ2v) is 5.52. The number of benzene rings is 1. The fraction of sp³-hybridized carbons (Fsp3) is 0.118. The second kappa shape index (κ2) is 7.02. The molecule has 6 heteroatoms. The quantitative estimate of drug-likeness (QED) is 0.723. The normalized spacial score (nSPS) is 10.3. The van der Waals surface area contributed by atoms with Gasteiger partial charge in [0, 0.05) is 30.8 Å². The number of aryl methyl sites for hydroxylation is 1. The summed E-state index contributed by atoms with van der Waals surface area (Å²) in [6, 6.07) is 12.1. The number of nitrogens with one attached hydrogen (secondary N) is 2. The minimum Gasteiger partial charge on any atom is -0.358 e. The van der Waals surface area contributed by atoms with Crippen LogP contribution in [0.15, 0.2) is 61.3 Å². The van der Waals surface area contributed by atoms with Crippen molar-refractivity contribution in [2.75, 3.05) is 5.32 Å². The number of imidazole rings is 1. The average molecular weight is 323 g/mol. The SMILES string of the molecule is Cc1cccnc1NC(=S)NCc1ccc(-n2ccnc2)cc1. The summed E-state index contributed by atoms with van der Waals surface area (Å²) >= 11 is 5.31. The third-order valence-corrected chi connectivity index (χ3v) is 3.68. The standard InChI is InChI=1S/C17H17N5S/c1-13-3-2-8-19-16(13)21-17(23)20-11-14-4-6-15(7-5-14)22-10-9-18-12-22/h2-10,12H,11H2,1H3,(H2,19,20,21,23). The van der Waals surface area contributed by atoms with Gasteiger partial charge in [0.25, 0.3) is 0 Å². The van der Waals surface area contributed by atoms with Crippen molar-refractivity contribution in [1.82, 2.24) is 19.9 Å². The Morgan fingerprint density at radius 1 is 1.17 bits per heavy atom. The molecule has 1 aromatic carbocycles. The molecule has 5 nitrogen and oxygen atoms in total. The molecular weight excluding hydrogens is 306 g/mol. The van der Waals surface area contributed by atoms with Gasteiger partial charge in [0.2, 0.25) is 0 Å². The summed E-state index contributed by atoms with van der Waals surface area (Å²) in [5, 5.41) is 6.86. The predicted molar refractivity (Wildman–Crippen MR) is 95.6 cm³/mol. The Morgan fingerprint density at radius 2 is 2.00 bits per heavy atom. The number of hydrogen-bond acceptors (Lipinski definition) is 3. The van der Waals surface area contributed by atoms with Gasteiger partial charge in [0.15, 0.2) is 5.11 Å². The lowest BCUT2D eigenvalue weighted by Crippen LogP contribution is -2.28. The number of aromatic nitrogens is 3. The Labute approximate surface area is 140 Å². The van der Waals surface area contributed by atoms with E-state index in [-0.39, 0.29) is 0 Å². The summed E-state index contributed by atoms with van der Waals surface area (Å²) in [6.45, 7) is 2.65. The van der Waals surface area contributed by atoms with Crippen molar-refractivity contribution in [1.29, 1.82) is 0 Å². The van der Waals surface area contributed by atoms with E-state index in [0.29, 0.717) is 11.7 Å². The van der Waals surface area contributed by atoms with Gasteiger partial charge in [-0.2, -0.15) is 0 Å². The first-order valence-electron chi connectivity index (χ1n) is 7.26. The maximum atomic E-state index is 5.31. The van der Waals surface area contributed by atoms with Crippen LogP contribution in [0.5, 0.6) is 0 Å². The Kier molecular flexibility index (Phi) is 4.63. The largest absolute Gasteiger partial charge is 0.358 e. The summed E-state index contributed by atoms with van der Waals surface area (Å²) in [5.41, 5.74) is 3.29. The van der Waals surface area contributed by atoms with Gasteiger partial charge in [-0.25, -0.2) is 9.97 Å². The van der Waals surface area contributed by atoms with Crippen LogP contribution in [-0.4, -0.2) is 19.6 Å². The van der Waals surface area contributed by atoms with Gasteiger partial charge in [-0.15, -0.1) is 0 Å². The molecule has 0 saturated heterocycles. The molecule has 2 heterocycles. The number of nitrogens with zero attached hydrogens (tertiary/aromatic N) is 3. The molecule has 0 aliphatic heterocycles. The number of anilines is 1. The van der Waals surface area contributed by atoms with Gasteiger partial charge in [-0.3, -0.25) is 0 Å². The van der Waals surface area contributed by atoms with Crippen molar-refractivity contribution < 1.29 is 0 Å². The number of thiocarbonyl (C=S) groups is 1. The molecule has 0 radical (unpaired) electrons. The molecule has 0 saturated carbocycles. The van der Waals surface area contributed by atoms with Crippen molar-refractivity contribution >= 4 is 23.1 Å². The van der Waals surface area contributed by atoms with Crippen LogP contribution in [-0.2, 0) is 6.54 Å². The van der Waals surface area contributed by atoms with Crippen LogP contribution < -0.4 is 10.6 Å². The van der Waals surface area contributed by atoms with Gasteiger partial charge >= 0.3 is 0 Å². The van der Waals surface area contributed by atoms with Crippen LogP contribution in [0.4, 0.5) is 5.82 Å². The number of rotatable bonds is 4. The van der Waals surface area contributed by atoms with E-state index in [9.17, 15) is 0 Å². The molecule has 2 aromatic heterocycles. The van der Waals surface area contributed by atoms with Crippen molar-refractivity contribution in [2.24, 2.45) is 0 Å². The van der Waals surface area contributed by atoms with Crippen molar-refractivity contribution in [2.45, 2.75) is 13.5 Å². The molecule has 3 rings (SSSR count). The van der Waals surface area contributed by atoms with Gasteiger partial charge in [0.05, 0.1) is 6.33 Å². The van der Waals surface area contributed by atoms with Gasteiger partial charge in [-0.1, -0.05) is 18.2 Å². The Bertz CT molecular complexity index is 781. The van der Waals surface area contributed by atoms with Crippen molar-refractivity contribution in [3.8, 4) is 5.69 Å². The van der Waals surface area contributed by atoms with E-state index < -0.39 is 0 Å². The van der Waals surface area contributed by atoms with E-state index in [1.54, 1.807) is 18.7 Å². The summed E-state index contributed by atoms with van der Waals surface area (Å²) in [6.07, 6.45) is 7.20. The van der Waals surface area contributed by atoms with Gasteiger partial charge in [0.1, 0.15) is 5.82 Å². The van der Waals surface area contributed by atoms with Crippen LogP contribution in [0.1, 0.15) is 11.1 Å². The monoisotopic (exact) mass is 323 g/mol. The maximum Gasteiger partial charge on any atom is 0.172 e. The minimum atomic E-state index is 0.561. The molecule has 0 atom stereocenters. The second-order valence-electron chi connectivity index (χ2n) is 5.11. The summed E-state index contributed by atoms with van der Waals surface area (Å²) in [7, 11) is 0. The van der Waals surface area contributed by atoms with Crippen molar-refractivity contribution in [3.05, 3.63) is 72.4 Å². The smallest absolute Gasteiger partial charge is 0.172 e. The highest BCUT2D eigenvalue weighted by molar-refractivity contribution is 7.80. The summed E-state index contributed by atoms with van der Waals surface area (Å²) < 4.78 is 1.97. The van der Waals surface area contributed by atoms with E-state index >= 15 is 0 Å². The van der Waals surface area contributed by atoms with Crippen LogP contribution in [0.2, 0.25) is 0 Å². The molecular formula is C17H17N5S. The molecule has 0 aliphatic carbocycles. The van der Waals surface area contributed by atoms with Gasteiger partial charge < -0.3 is 15.2 Å². The van der Waals surface area contributed by atoms with E-state index in [1.807, 2.05) is 29.8 Å². The maximum absolute atomic E-state index is 5.31. The van der Waals surface area contributed by atoms with E-state index in [0.717, 1.165) is 22.6 Å². The first kappa shape index (κ1) is 15.2. The van der Waals surface area contributed by atoms with Crippen molar-refractivity contribution in [3.63, 3.8) is 0 Å². The fourth-order valence-electron chi connectivity index (χ4n) is 2.15. The molecule has 2 N–H and O–H groups in total. The molecule has 0 fully saturated rings. The lowest BCUT2D eigenvalue weighted by molar-refractivity contribution is 0.922. The number of hydrogen-bond donors (Lipinski definition) is 2. The predicted octanol–water partition coefficient (Wildman–Crippen LogP) is 3.06. The average Bonchev–Trinajstić information content (AvgIpc) is 3.10. The van der Waals surface area contributed by atoms with Crippen LogP contribution in [0.25, 0.3) is 5.69 Å². The zero-order valence-corrected chi connectivity index (χ0v) is 13.5. The highest BCUT2D eigenvalue weighted by Crippen LogP contribution is 2.10. The Balaban J connectivity index is 1.56. The molecule has 3 aromatic rings. The lowest BCUT2D eigenvalue weighted by atomic mass is 10.2. The molecule has 0 spiro atoms. The first-order valence-corrected chi connectivity index (χ1v) is 7.67. The van der Waals surface area contributed by atoms with E-state index in [4.69, 9.17) is 12.2 Å². The molecule has 0 bridgehead atoms. The summed E-state index contributed by atoms with van der Waals surface area (Å²) in [5.74, 6) is 0.778. The van der Waals surface area contributed by atoms with E-state index in [1.165, 1.54) is 0 Å². The van der Waals surface area contributed by atoms with Crippen LogP contribution >= 0.6 is 12.2 Å². The number of pyridine rings is 1. The zero-order valence-electron chi connectivity index (χ0n) is 12.7. The molecule has 23 heavy (non-hydrogen) atoms. The van der Waals surface area contributed by atoms with Crippen LogP contribution in [0.3, 0.4) is 0 Å². The molecule has 0 aliphatic rings. The molecule has 116 valence electrons. The first-order chi connectivity index (χ1) is 11.2. The fourth-order valence-corrected chi connectivity index (χ4v) is 2.32. The zero-order chi connectivity index (χ0) is 16.1. The topological polar surface area (TPSA) is 54.8 Å².